The van der Waals surface area contributed by atoms with Crippen molar-refractivity contribution in [2.75, 3.05) is 25.0 Å². The average Bonchev–Trinajstić information content (AvgIpc) is 2.59. The third-order valence-corrected chi connectivity index (χ3v) is 4.22. The van der Waals surface area contributed by atoms with Gasteiger partial charge in [0.25, 0.3) is 0 Å². The molecule has 1 aromatic rings. The first kappa shape index (κ1) is 9.67. The normalized spacial score (nSPS) is 22.5. The summed E-state index contributed by atoms with van der Waals surface area (Å²) in [6.07, 6.45) is 2.51. The maximum atomic E-state index is 3.57. The van der Waals surface area contributed by atoms with Crippen molar-refractivity contribution in [1.82, 2.24) is 5.32 Å². The molecule has 0 saturated carbocycles. The van der Waals surface area contributed by atoms with E-state index < -0.39 is 0 Å². The minimum Gasteiger partial charge on any atom is -0.384 e. The minimum atomic E-state index is 0.393. The molecule has 0 unspecified atom stereocenters. The molecule has 2 heterocycles. The smallest absolute Gasteiger partial charge is 0.0380 e. The zero-order valence-electron chi connectivity index (χ0n) is 8.65. The molecule has 80 valence electrons. The number of hydrogen-bond donors (Lipinski definition) is 2. The molecular formula is C12H15BrN2. The Labute approximate surface area is 98.6 Å². The quantitative estimate of drug-likeness (QED) is 0.754. The number of anilines is 1. The van der Waals surface area contributed by atoms with Crippen LogP contribution in [0.2, 0.25) is 0 Å². The first-order valence-electron chi connectivity index (χ1n) is 5.55. The molecule has 15 heavy (non-hydrogen) atoms. The largest absolute Gasteiger partial charge is 0.384 e. The molecule has 0 aliphatic carbocycles. The van der Waals surface area contributed by atoms with Crippen LogP contribution >= 0.6 is 15.9 Å². The van der Waals surface area contributed by atoms with Crippen LogP contribution < -0.4 is 10.6 Å². The van der Waals surface area contributed by atoms with Gasteiger partial charge < -0.3 is 10.6 Å². The van der Waals surface area contributed by atoms with Gasteiger partial charge in [0.1, 0.15) is 0 Å². The molecule has 2 nitrogen and oxygen atoms in total. The topological polar surface area (TPSA) is 24.1 Å². The van der Waals surface area contributed by atoms with Crippen LogP contribution in [-0.4, -0.2) is 19.6 Å². The lowest BCUT2D eigenvalue weighted by Gasteiger charge is -2.33. The minimum absolute atomic E-state index is 0.393. The second kappa shape index (κ2) is 3.49. The SMILES string of the molecule is Brc1ccc2c(c1)C1(CCNCC1)CN2. The zero-order chi connectivity index (χ0) is 10.3. The summed E-state index contributed by atoms with van der Waals surface area (Å²) in [5.41, 5.74) is 3.24. The van der Waals surface area contributed by atoms with E-state index in [4.69, 9.17) is 0 Å². The lowest BCUT2D eigenvalue weighted by atomic mass is 9.75. The molecule has 2 N–H and O–H groups in total. The van der Waals surface area contributed by atoms with Gasteiger partial charge >= 0.3 is 0 Å². The lowest BCUT2D eigenvalue weighted by molar-refractivity contribution is 0.335. The van der Waals surface area contributed by atoms with E-state index in [9.17, 15) is 0 Å². The van der Waals surface area contributed by atoms with Crippen molar-refractivity contribution in [1.29, 1.82) is 0 Å². The predicted octanol–water partition coefficient (Wildman–Crippen LogP) is 2.50. The van der Waals surface area contributed by atoms with Crippen LogP contribution in [0, 0.1) is 0 Å². The summed E-state index contributed by atoms with van der Waals surface area (Å²) in [7, 11) is 0. The van der Waals surface area contributed by atoms with Crippen molar-refractivity contribution in [3.63, 3.8) is 0 Å². The standard InChI is InChI=1S/C12H15BrN2/c13-9-1-2-11-10(7-9)12(8-15-11)3-5-14-6-4-12/h1-2,7,14-15H,3-6,8H2. The molecule has 0 bridgehead atoms. The van der Waals surface area contributed by atoms with Crippen molar-refractivity contribution in [3.05, 3.63) is 28.2 Å². The monoisotopic (exact) mass is 266 g/mol. The van der Waals surface area contributed by atoms with E-state index in [1.165, 1.54) is 28.6 Å². The number of benzene rings is 1. The van der Waals surface area contributed by atoms with Gasteiger partial charge in [0, 0.05) is 22.1 Å². The van der Waals surface area contributed by atoms with Crippen molar-refractivity contribution < 1.29 is 0 Å². The molecule has 1 aromatic carbocycles. The second-order valence-electron chi connectivity index (χ2n) is 4.57. The van der Waals surface area contributed by atoms with Crippen molar-refractivity contribution in [2.45, 2.75) is 18.3 Å². The van der Waals surface area contributed by atoms with Gasteiger partial charge in [-0.3, -0.25) is 0 Å². The van der Waals surface area contributed by atoms with Gasteiger partial charge in [-0.15, -0.1) is 0 Å². The molecule has 0 radical (unpaired) electrons. The summed E-state index contributed by atoms with van der Waals surface area (Å²) in [6.45, 7) is 3.40. The summed E-state index contributed by atoms with van der Waals surface area (Å²) >= 11 is 3.57. The van der Waals surface area contributed by atoms with Gasteiger partial charge in [-0.05, 0) is 49.7 Å². The van der Waals surface area contributed by atoms with Crippen LogP contribution in [0.15, 0.2) is 22.7 Å². The van der Waals surface area contributed by atoms with Crippen LogP contribution in [-0.2, 0) is 5.41 Å². The molecule has 3 heteroatoms. The Bertz CT molecular complexity index is 378. The van der Waals surface area contributed by atoms with E-state index in [0.29, 0.717) is 5.41 Å². The van der Waals surface area contributed by atoms with Crippen LogP contribution in [0.4, 0.5) is 5.69 Å². The Balaban J connectivity index is 2.05. The highest BCUT2D eigenvalue weighted by Crippen LogP contribution is 2.43. The third kappa shape index (κ3) is 1.49. The first-order chi connectivity index (χ1) is 7.30. The highest BCUT2D eigenvalue weighted by molar-refractivity contribution is 9.10. The van der Waals surface area contributed by atoms with Gasteiger partial charge in [0.2, 0.25) is 0 Å². The fraction of sp³-hybridized carbons (Fsp3) is 0.500. The molecule has 2 aliphatic rings. The van der Waals surface area contributed by atoms with Gasteiger partial charge in [-0.25, -0.2) is 0 Å². The summed E-state index contributed by atoms with van der Waals surface area (Å²) in [4.78, 5) is 0. The molecule has 1 fully saturated rings. The van der Waals surface area contributed by atoms with Crippen LogP contribution in [0.5, 0.6) is 0 Å². The third-order valence-electron chi connectivity index (χ3n) is 3.73. The fourth-order valence-corrected chi connectivity index (χ4v) is 3.18. The summed E-state index contributed by atoms with van der Waals surface area (Å²) in [5.74, 6) is 0. The van der Waals surface area contributed by atoms with E-state index in [2.05, 4.69) is 44.8 Å². The Kier molecular flexibility index (Phi) is 2.25. The van der Waals surface area contributed by atoms with Gasteiger partial charge in [-0.1, -0.05) is 15.9 Å². The molecule has 1 saturated heterocycles. The molecule has 0 aromatic heterocycles. The highest BCUT2D eigenvalue weighted by Gasteiger charge is 2.39. The number of halogens is 1. The predicted molar refractivity (Wildman–Crippen MR) is 66.4 cm³/mol. The molecule has 1 spiro atoms. The first-order valence-corrected chi connectivity index (χ1v) is 6.34. The van der Waals surface area contributed by atoms with Gasteiger partial charge in [0.15, 0.2) is 0 Å². The highest BCUT2D eigenvalue weighted by atomic mass is 79.9. The molecule has 0 atom stereocenters. The summed E-state index contributed by atoms with van der Waals surface area (Å²) in [6, 6.07) is 6.60. The summed E-state index contributed by atoms with van der Waals surface area (Å²) in [5, 5.41) is 6.98. The Morgan fingerprint density at radius 1 is 1.20 bits per heavy atom. The second-order valence-corrected chi connectivity index (χ2v) is 5.49. The van der Waals surface area contributed by atoms with Gasteiger partial charge in [-0.2, -0.15) is 0 Å². The van der Waals surface area contributed by atoms with Crippen LogP contribution in [0.3, 0.4) is 0 Å². The Morgan fingerprint density at radius 2 is 2.00 bits per heavy atom. The lowest BCUT2D eigenvalue weighted by Crippen LogP contribution is -2.41. The zero-order valence-corrected chi connectivity index (χ0v) is 10.2. The average molecular weight is 267 g/mol. The van der Waals surface area contributed by atoms with E-state index in [1.54, 1.807) is 0 Å². The number of piperidine rings is 1. The summed E-state index contributed by atoms with van der Waals surface area (Å²) < 4.78 is 1.20. The van der Waals surface area contributed by atoms with Crippen LogP contribution in [0.25, 0.3) is 0 Å². The number of nitrogens with one attached hydrogen (secondary N) is 2. The van der Waals surface area contributed by atoms with Crippen molar-refractivity contribution >= 4 is 21.6 Å². The molecule has 0 amide bonds. The molecular weight excluding hydrogens is 252 g/mol. The Morgan fingerprint density at radius 3 is 2.80 bits per heavy atom. The number of hydrogen-bond acceptors (Lipinski definition) is 2. The van der Waals surface area contributed by atoms with E-state index >= 15 is 0 Å². The van der Waals surface area contributed by atoms with E-state index in [1.807, 2.05) is 0 Å². The van der Waals surface area contributed by atoms with Gasteiger partial charge in [0.05, 0.1) is 0 Å². The number of fused-ring (bicyclic) bond motifs is 2. The molecule has 2 aliphatic heterocycles. The number of rotatable bonds is 0. The Hall–Kier alpha value is -0.540. The maximum Gasteiger partial charge on any atom is 0.0380 e. The fourth-order valence-electron chi connectivity index (χ4n) is 2.82. The van der Waals surface area contributed by atoms with Crippen molar-refractivity contribution in [2.24, 2.45) is 0 Å². The van der Waals surface area contributed by atoms with E-state index in [-0.39, 0.29) is 0 Å². The van der Waals surface area contributed by atoms with E-state index in [0.717, 1.165) is 19.6 Å². The van der Waals surface area contributed by atoms with Crippen LogP contribution in [0.1, 0.15) is 18.4 Å². The molecule has 3 rings (SSSR count). The van der Waals surface area contributed by atoms with Crippen molar-refractivity contribution in [3.8, 4) is 0 Å². The maximum absolute atomic E-state index is 3.57.